The Hall–Kier alpha value is -1.51. The van der Waals surface area contributed by atoms with Crippen LogP contribution >= 0.6 is 0 Å². The molecular weight excluding hydrogens is 226 g/mol. The minimum atomic E-state index is -0.768. The van der Waals surface area contributed by atoms with Crippen LogP contribution < -0.4 is 4.90 Å². The van der Waals surface area contributed by atoms with Gasteiger partial charge < -0.3 is 10.0 Å². The second-order valence-electron chi connectivity index (χ2n) is 4.64. The molecule has 0 unspecified atom stereocenters. The number of carbonyl (C=O) groups is 1. The van der Waals surface area contributed by atoms with E-state index in [4.69, 9.17) is 5.11 Å². The van der Waals surface area contributed by atoms with Crippen molar-refractivity contribution >= 4 is 11.7 Å². The normalized spacial score (nSPS) is 12.2. The van der Waals surface area contributed by atoms with E-state index in [1.807, 2.05) is 31.0 Å². The van der Waals surface area contributed by atoms with Gasteiger partial charge in [0.2, 0.25) is 0 Å². The van der Waals surface area contributed by atoms with E-state index in [0.29, 0.717) is 6.42 Å². The molecule has 0 saturated carbocycles. The van der Waals surface area contributed by atoms with Gasteiger partial charge in [0.15, 0.2) is 0 Å². The first-order valence-electron chi connectivity index (χ1n) is 6.64. The summed E-state index contributed by atoms with van der Waals surface area (Å²) < 4.78 is 0. The van der Waals surface area contributed by atoms with Crippen molar-refractivity contribution in [2.45, 2.75) is 45.6 Å². The Balaban J connectivity index is 2.74. The minimum Gasteiger partial charge on any atom is -0.480 e. The van der Waals surface area contributed by atoms with Crippen LogP contribution in [-0.2, 0) is 11.2 Å². The Morgan fingerprint density at radius 2 is 1.89 bits per heavy atom. The Kier molecular flexibility index (Phi) is 5.69. The van der Waals surface area contributed by atoms with Gasteiger partial charge in [-0.25, -0.2) is 4.79 Å². The second-order valence-corrected chi connectivity index (χ2v) is 4.64. The smallest absolute Gasteiger partial charge is 0.326 e. The van der Waals surface area contributed by atoms with Gasteiger partial charge in [-0.05, 0) is 37.0 Å². The molecule has 0 heterocycles. The quantitative estimate of drug-likeness (QED) is 0.805. The van der Waals surface area contributed by atoms with Crippen LogP contribution in [0, 0.1) is 0 Å². The first-order valence-corrected chi connectivity index (χ1v) is 6.64. The Morgan fingerprint density at radius 1 is 1.28 bits per heavy atom. The number of aliphatic carboxylic acids is 1. The molecule has 0 aliphatic rings. The van der Waals surface area contributed by atoms with E-state index in [0.717, 1.165) is 12.1 Å². The van der Waals surface area contributed by atoms with Gasteiger partial charge in [-0.3, -0.25) is 0 Å². The van der Waals surface area contributed by atoms with Crippen LogP contribution in [0.25, 0.3) is 0 Å². The summed E-state index contributed by atoms with van der Waals surface area (Å²) in [6.45, 7) is 4.08. The monoisotopic (exact) mass is 249 g/mol. The van der Waals surface area contributed by atoms with Crippen LogP contribution in [0.2, 0.25) is 0 Å². The average molecular weight is 249 g/mol. The molecular formula is C15H23NO2. The minimum absolute atomic E-state index is 0.452. The lowest BCUT2D eigenvalue weighted by Gasteiger charge is -2.26. The molecule has 1 aromatic rings. The Bertz CT molecular complexity index is 373. The fraction of sp³-hybridized carbons (Fsp3) is 0.533. The summed E-state index contributed by atoms with van der Waals surface area (Å²) in [5.74, 6) is -0.768. The van der Waals surface area contributed by atoms with E-state index < -0.39 is 12.0 Å². The molecule has 3 heteroatoms. The van der Waals surface area contributed by atoms with Crippen molar-refractivity contribution in [3.8, 4) is 0 Å². The van der Waals surface area contributed by atoms with E-state index in [1.54, 1.807) is 0 Å². The van der Waals surface area contributed by atoms with E-state index in [9.17, 15) is 4.79 Å². The molecule has 0 spiro atoms. The number of carboxylic acids is 1. The summed E-state index contributed by atoms with van der Waals surface area (Å²) in [5.41, 5.74) is 2.28. The molecule has 0 aromatic heterocycles. The standard InChI is InChI=1S/C15H23NO2/c1-4-6-7-12-8-10-13(11-9-12)16(3)14(5-2)15(17)18/h8-11,14H,4-7H2,1-3H3,(H,17,18)/t14-/m1/s1. The lowest BCUT2D eigenvalue weighted by molar-refractivity contribution is -0.138. The van der Waals surface area contributed by atoms with Gasteiger partial charge in [0.1, 0.15) is 6.04 Å². The van der Waals surface area contributed by atoms with Crippen LogP contribution in [0.3, 0.4) is 0 Å². The van der Waals surface area contributed by atoms with Crippen LogP contribution in [0.1, 0.15) is 38.7 Å². The van der Waals surface area contributed by atoms with Crippen molar-refractivity contribution in [2.75, 3.05) is 11.9 Å². The number of anilines is 1. The highest BCUT2D eigenvalue weighted by Crippen LogP contribution is 2.18. The van der Waals surface area contributed by atoms with Gasteiger partial charge in [0, 0.05) is 12.7 Å². The number of nitrogens with zero attached hydrogens (tertiary/aromatic N) is 1. The maximum atomic E-state index is 11.1. The molecule has 18 heavy (non-hydrogen) atoms. The average Bonchev–Trinajstić information content (AvgIpc) is 2.37. The number of unbranched alkanes of at least 4 members (excludes halogenated alkanes) is 1. The molecule has 0 aliphatic heterocycles. The molecule has 100 valence electrons. The summed E-state index contributed by atoms with van der Waals surface area (Å²) in [5, 5.41) is 9.13. The summed E-state index contributed by atoms with van der Waals surface area (Å²) in [6.07, 6.45) is 4.08. The van der Waals surface area contributed by atoms with E-state index in [-0.39, 0.29) is 0 Å². The zero-order valence-corrected chi connectivity index (χ0v) is 11.5. The summed E-state index contributed by atoms with van der Waals surface area (Å²) in [7, 11) is 1.84. The SMILES string of the molecule is CCCCc1ccc(N(C)[C@H](CC)C(=O)O)cc1. The molecule has 1 N–H and O–H groups in total. The van der Waals surface area contributed by atoms with Gasteiger partial charge in [-0.2, -0.15) is 0 Å². The number of hydrogen-bond donors (Lipinski definition) is 1. The molecule has 0 bridgehead atoms. The summed E-state index contributed by atoms with van der Waals surface area (Å²) >= 11 is 0. The number of aryl methyl sites for hydroxylation is 1. The van der Waals surface area contributed by atoms with Crippen molar-refractivity contribution in [1.29, 1.82) is 0 Å². The summed E-state index contributed by atoms with van der Waals surface area (Å²) in [4.78, 5) is 12.9. The molecule has 1 aromatic carbocycles. The molecule has 0 radical (unpaired) electrons. The van der Waals surface area contributed by atoms with Crippen molar-refractivity contribution in [2.24, 2.45) is 0 Å². The Labute approximate surface area is 109 Å². The number of likely N-dealkylation sites (N-methyl/N-ethyl adjacent to an activating group) is 1. The van der Waals surface area contributed by atoms with Crippen molar-refractivity contribution < 1.29 is 9.90 Å². The van der Waals surface area contributed by atoms with Crippen LogP contribution in [0.4, 0.5) is 5.69 Å². The van der Waals surface area contributed by atoms with Crippen LogP contribution in [0.5, 0.6) is 0 Å². The first kappa shape index (κ1) is 14.6. The highest BCUT2D eigenvalue weighted by atomic mass is 16.4. The first-order chi connectivity index (χ1) is 8.60. The predicted molar refractivity (Wildman–Crippen MR) is 75.2 cm³/mol. The van der Waals surface area contributed by atoms with Gasteiger partial charge in [-0.1, -0.05) is 32.4 Å². The number of rotatable bonds is 7. The highest BCUT2D eigenvalue weighted by Gasteiger charge is 2.20. The van der Waals surface area contributed by atoms with Gasteiger partial charge in [0.05, 0.1) is 0 Å². The molecule has 0 fully saturated rings. The molecule has 0 amide bonds. The molecule has 3 nitrogen and oxygen atoms in total. The fourth-order valence-corrected chi connectivity index (χ4v) is 2.07. The third kappa shape index (κ3) is 3.76. The van der Waals surface area contributed by atoms with E-state index >= 15 is 0 Å². The highest BCUT2D eigenvalue weighted by molar-refractivity contribution is 5.77. The molecule has 0 saturated heterocycles. The zero-order chi connectivity index (χ0) is 13.5. The zero-order valence-electron chi connectivity index (χ0n) is 11.5. The van der Waals surface area contributed by atoms with Gasteiger partial charge in [0.25, 0.3) is 0 Å². The topological polar surface area (TPSA) is 40.5 Å². The van der Waals surface area contributed by atoms with Gasteiger partial charge >= 0.3 is 5.97 Å². The van der Waals surface area contributed by atoms with Crippen LogP contribution in [-0.4, -0.2) is 24.2 Å². The maximum absolute atomic E-state index is 11.1. The van der Waals surface area contributed by atoms with Gasteiger partial charge in [-0.15, -0.1) is 0 Å². The second kappa shape index (κ2) is 7.04. The lowest BCUT2D eigenvalue weighted by Crippen LogP contribution is -2.37. The molecule has 0 aliphatic carbocycles. The summed E-state index contributed by atoms with van der Waals surface area (Å²) in [6, 6.07) is 7.76. The van der Waals surface area contributed by atoms with Crippen molar-refractivity contribution in [3.05, 3.63) is 29.8 Å². The largest absolute Gasteiger partial charge is 0.480 e. The number of hydrogen-bond acceptors (Lipinski definition) is 2. The van der Waals surface area contributed by atoms with E-state index in [2.05, 4.69) is 19.1 Å². The maximum Gasteiger partial charge on any atom is 0.326 e. The Morgan fingerprint density at radius 3 is 2.33 bits per heavy atom. The predicted octanol–water partition coefficient (Wildman–Crippen LogP) is 3.33. The third-order valence-electron chi connectivity index (χ3n) is 3.30. The molecule has 1 atom stereocenters. The third-order valence-corrected chi connectivity index (χ3v) is 3.30. The van der Waals surface area contributed by atoms with Crippen molar-refractivity contribution in [1.82, 2.24) is 0 Å². The van der Waals surface area contributed by atoms with Crippen LogP contribution in [0.15, 0.2) is 24.3 Å². The number of carboxylic acid groups (broad SMARTS) is 1. The fourth-order valence-electron chi connectivity index (χ4n) is 2.07. The van der Waals surface area contributed by atoms with E-state index in [1.165, 1.54) is 18.4 Å². The molecule has 1 rings (SSSR count). The lowest BCUT2D eigenvalue weighted by atomic mass is 10.1. The van der Waals surface area contributed by atoms with Crippen molar-refractivity contribution in [3.63, 3.8) is 0 Å². The number of benzene rings is 1.